The van der Waals surface area contributed by atoms with Crippen molar-refractivity contribution in [2.24, 2.45) is 0 Å². The van der Waals surface area contributed by atoms with E-state index in [4.69, 9.17) is 4.74 Å². The van der Waals surface area contributed by atoms with Gasteiger partial charge in [-0.25, -0.2) is 13.1 Å². The summed E-state index contributed by atoms with van der Waals surface area (Å²) in [6, 6.07) is 14.1. The number of sulfonamides is 1. The maximum atomic E-state index is 12.2. The summed E-state index contributed by atoms with van der Waals surface area (Å²) < 4.78 is 33.0. The monoisotopic (exact) mass is 479 g/mol. The van der Waals surface area contributed by atoms with Gasteiger partial charge in [0.25, 0.3) is 5.91 Å². The molecule has 0 unspecified atom stereocenters. The number of hydrazine groups is 1. The Kier molecular flexibility index (Phi) is 7.31. The van der Waals surface area contributed by atoms with Gasteiger partial charge in [0.05, 0.1) is 15.2 Å². The highest BCUT2D eigenvalue weighted by molar-refractivity contribution is 8.16. The molecule has 31 heavy (non-hydrogen) atoms. The topological polar surface area (TPSA) is 96.5 Å². The van der Waals surface area contributed by atoms with Gasteiger partial charge >= 0.3 is 0 Å². The van der Waals surface area contributed by atoms with Crippen molar-refractivity contribution in [2.45, 2.75) is 34.8 Å². The van der Waals surface area contributed by atoms with Gasteiger partial charge in [-0.3, -0.25) is 15.6 Å². The average Bonchev–Trinajstić information content (AvgIpc) is 3.61. The molecule has 2 aliphatic rings. The van der Waals surface area contributed by atoms with E-state index in [0.29, 0.717) is 16.0 Å². The predicted octanol–water partition coefficient (Wildman–Crippen LogP) is 3.52. The number of nitrogens with one attached hydrogen (secondary N) is 3. The van der Waals surface area contributed by atoms with Gasteiger partial charge in [-0.1, -0.05) is 12.1 Å². The Morgan fingerprint density at radius 1 is 1.00 bits per heavy atom. The fourth-order valence-electron chi connectivity index (χ4n) is 2.93. The molecule has 1 aliphatic heterocycles. The van der Waals surface area contributed by atoms with Gasteiger partial charge in [0.2, 0.25) is 10.0 Å². The van der Waals surface area contributed by atoms with E-state index in [1.54, 1.807) is 12.1 Å². The minimum Gasteiger partial charge on any atom is -0.484 e. The van der Waals surface area contributed by atoms with E-state index < -0.39 is 10.0 Å². The molecular weight excluding hydrogens is 454 g/mol. The molecule has 0 bridgehead atoms. The number of hydrogen-bond acceptors (Lipinski definition) is 7. The molecule has 2 aromatic carbocycles. The van der Waals surface area contributed by atoms with Crippen LogP contribution in [0.1, 0.15) is 29.4 Å². The van der Waals surface area contributed by atoms with Crippen LogP contribution in [0.15, 0.2) is 53.4 Å². The maximum Gasteiger partial charge on any atom is 0.276 e. The summed E-state index contributed by atoms with van der Waals surface area (Å²) in [6.45, 7) is -0.128. The lowest BCUT2D eigenvalue weighted by Crippen LogP contribution is -2.33. The third-order valence-electron chi connectivity index (χ3n) is 4.76. The van der Waals surface area contributed by atoms with Crippen molar-refractivity contribution < 1.29 is 17.9 Å². The summed E-state index contributed by atoms with van der Waals surface area (Å²) in [5, 5.41) is 0. The Labute approximate surface area is 191 Å². The van der Waals surface area contributed by atoms with E-state index in [-0.39, 0.29) is 23.5 Å². The number of carbonyl (C=O) groups is 1. The van der Waals surface area contributed by atoms with Crippen LogP contribution in [0.2, 0.25) is 0 Å². The van der Waals surface area contributed by atoms with Crippen LogP contribution >= 0.6 is 23.5 Å². The predicted molar refractivity (Wildman–Crippen MR) is 126 cm³/mol. The molecule has 1 amide bonds. The first-order valence-corrected chi connectivity index (χ1v) is 13.7. The molecular formula is C21H25N3O4S3. The third kappa shape index (κ3) is 6.55. The summed E-state index contributed by atoms with van der Waals surface area (Å²) >= 11 is 3.93. The number of ether oxygens (including phenoxy) is 1. The lowest BCUT2D eigenvalue weighted by atomic mass is 10.2. The van der Waals surface area contributed by atoms with Crippen molar-refractivity contribution in [3.05, 3.63) is 54.1 Å². The highest BCUT2D eigenvalue weighted by Gasteiger charge is 2.27. The number of hydrogen-bond donors (Lipinski definition) is 3. The highest BCUT2D eigenvalue weighted by Crippen LogP contribution is 2.43. The second-order valence-corrected chi connectivity index (χ2v) is 11.8. The van der Waals surface area contributed by atoms with Gasteiger partial charge in [-0.15, -0.1) is 23.5 Å². The molecule has 2 fully saturated rings. The number of anilines is 1. The average molecular weight is 480 g/mol. The zero-order valence-corrected chi connectivity index (χ0v) is 19.3. The SMILES string of the molecule is O=C(COc1ccc(C2SCCCS2)cc1)NNc1ccc(S(=O)(=O)NC2CC2)cc1. The molecule has 10 heteroatoms. The minimum absolute atomic E-state index is 0.0586. The fourth-order valence-corrected chi connectivity index (χ4v) is 7.13. The Bertz CT molecular complexity index is 988. The van der Waals surface area contributed by atoms with Crippen LogP contribution < -0.4 is 20.3 Å². The Morgan fingerprint density at radius 2 is 1.68 bits per heavy atom. The Balaban J connectivity index is 1.21. The second kappa shape index (κ2) is 10.2. The number of amides is 1. The van der Waals surface area contributed by atoms with Crippen LogP contribution in [0, 0.1) is 0 Å². The summed E-state index contributed by atoms with van der Waals surface area (Å²) in [7, 11) is -3.48. The molecule has 2 aromatic rings. The Morgan fingerprint density at radius 3 is 2.32 bits per heavy atom. The van der Waals surface area contributed by atoms with Gasteiger partial charge in [-0.2, -0.15) is 0 Å². The van der Waals surface area contributed by atoms with Gasteiger partial charge in [0.1, 0.15) is 5.75 Å². The molecule has 7 nitrogen and oxygen atoms in total. The van der Waals surface area contributed by atoms with Gasteiger partial charge in [0.15, 0.2) is 6.61 Å². The smallest absolute Gasteiger partial charge is 0.276 e. The zero-order valence-electron chi connectivity index (χ0n) is 16.9. The summed E-state index contributed by atoms with van der Waals surface area (Å²) in [5.41, 5.74) is 7.16. The fraction of sp³-hybridized carbons (Fsp3) is 0.381. The molecule has 4 rings (SSSR count). The van der Waals surface area contributed by atoms with Crippen molar-refractivity contribution >= 4 is 45.1 Å². The standard InChI is InChI=1S/C21H25N3O4S3/c25-20(14-28-18-8-2-15(3-9-18)21-29-12-1-13-30-21)23-22-16-6-10-19(11-7-16)31(26,27)24-17-4-5-17/h2-3,6-11,17,21-22,24H,1,4-5,12-14H2,(H,23,25). The highest BCUT2D eigenvalue weighted by atomic mass is 32.2. The molecule has 1 aliphatic carbocycles. The quantitative estimate of drug-likeness (QED) is 0.474. The number of thioether (sulfide) groups is 2. The molecule has 1 saturated heterocycles. The first-order chi connectivity index (χ1) is 15.0. The first kappa shape index (κ1) is 22.3. The molecule has 0 spiro atoms. The van der Waals surface area contributed by atoms with Crippen LogP contribution in [0.5, 0.6) is 5.75 Å². The number of rotatable bonds is 9. The zero-order chi connectivity index (χ0) is 21.7. The summed E-state index contributed by atoms with van der Waals surface area (Å²) in [5.74, 6) is 2.69. The molecule has 1 saturated carbocycles. The second-order valence-electron chi connectivity index (χ2n) is 7.38. The lowest BCUT2D eigenvalue weighted by Gasteiger charge is -2.21. The van der Waals surface area contributed by atoms with E-state index in [1.165, 1.54) is 35.6 Å². The number of benzene rings is 2. The minimum atomic E-state index is -3.48. The summed E-state index contributed by atoms with van der Waals surface area (Å²) in [6.07, 6.45) is 3.03. The maximum absolute atomic E-state index is 12.2. The van der Waals surface area contributed by atoms with E-state index >= 15 is 0 Å². The van der Waals surface area contributed by atoms with Crippen molar-refractivity contribution in [1.82, 2.24) is 10.1 Å². The number of carbonyl (C=O) groups excluding carboxylic acids is 1. The third-order valence-corrected chi connectivity index (χ3v) is 9.31. The van der Waals surface area contributed by atoms with Crippen LogP contribution in [0.25, 0.3) is 0 Å². The van der Waals surface area contributed by atoms with E-state index in [0.717, 1.165) is 12.8 Å². The van der Waals surface area contributed by atoms with Gasteiger partial charge in [0, 0.05) is 6.04 Å². The van der Waals surface area contributed by atoms with Gasteiger partial charge in [-0.05, 0) is 72.7 Å². The van der Waals surface area contributed by atoms with Crippen LogP contribution in [0.4, 0.5) is 5.69 Å². The van der Waals surface area contributed by atoms with Crippen molar-refractivity contribution in [1.29, 1.82) is 0 Å². The normalized spacial score (nSPS) is 17.2. The van der Waals surface area contributed by atoms with Crippen LogP contribution in [-0.2, 0) is 14.8 Å². The van der Waals surface area contributed by atoms with Crippen molar-refractivity contribution in [3.8, 4) is 5.75 Å². The van der Waals surface area contributed by atoms with Gasteiger partial charge < -0.3 is 4.74 Å². The molecule has 0 radical (unpaired) electrons. The van der Waals surface area contributed by atoms with E-state index in [9.17, 15) is 13.2 Å². The molecule has 0 atom stereocenters. The van der Waals surface area contributed by atoms with Crippen molar-refractivity contribution in [3.63, 3.8) is 0 Å². The first-order valence-electron chi connectivity index (χ1n) is 10.1. The van der Waals surface area contributed by atoms with Crippen LogP contribution in [-0.4, -0.2) is 38.5 Å². The van der Waals surface area contributed by atoms with E-state index in [1.807, 2.05) is 35.7 Å². The molecule has 166 valence electrons. The molecule has 1 heterocycles. The Hall–Kier alpha value is -1.88. The van der Waals surface area contributed by atoms with E-state index in [2.05, 4.69) is 27.7 Å². The summed E-state index contributed by atoms with van der Waals surface area (Å²) in [4.78, 5) is 12.2. The molecule has 0 aromatic heterocycles. The molecule has 3 N–H and O–H groups in total. The largest absolute Gasteiger partial charge is 0.484 e. The lowest BCUT2D eigenvalue weighted by molar-refractivity contribution is -0.122. The van der Waals surface area contributed by atoms with Crippen LogP contribution in [0.3, 0.4) is 0 Å². The van der Waals surface area contributed by atoms with Crippen molar-refractivity contribution in [2.75, 3.05) is 23.5 Å².